The van der Waals surface area contributed by atoms with Crippen molar-refractivity contribution in [2.24, 2.45) is 18.1 Å². The van der Waals surface area contributed by atoms with Crippen molar-refractivity contribution in [1.29, 1.82) is 0 Å². The molecule has 3 aromatic rings. The molecular weight excluding hydrogens is 644 g/mol. The second-order valence-electron chi connectivity index (χ2n) is 11.8. The molecule has 4 N–H and O–H groups in total. The Labute approximate surface area is 268 Å². The number of ketones is 1. The number of anilines is 1. The van der Waals surface area contributed by atoms with Crippen LogP contribution in [0.15, 0.2) is 34.9 Å². The fourth-order valence-electron chi connectivity index (χ4n) is 5.79. The number of aliphatic carboxylic acids is 1. The van der Waals surface area contributed by atoms with Crippen molar-refractivity contribution < 1.29 is 51.0 Å². The topological polar surface area (TPSA) is 217 Å². The number of β-lactam (4-membered cyclic amide) rings is 1. The quantitative estimate of drug-likeness (QED) is 0.0779. The molecule has 0 spiro atoms. The predicted molar refractivity (Wildman–Crippen MR) is 163 cm³/mol. The highest BCUT2D eigenvalue weighted by molar-refractivity contribution is 7.80. The van der Waals surface area contributed by atoms with Gasteiger partial charge in [-0.2, -0.15) is 18.2 Å². The van der Waals surface area contributed by atoms with Crippen molar-refractivity contribution in [2.75, 3.05) is 12.3 Å². The monoisotopic (exact) mass is 679 g/mol. The van der Waals surface area contributed by atoms with E-state index in [1.165, 1.54) is 38.5 Å². The normalized spacial score (nSPS) is 19.6. The highest BCUT2D eigenvalue weighted by Gasteiger charge is 2.57. The van der Waals surface area contributed by atoms with Crippen LogP contribution in [0, 0.1) is 5.92 Å². The molecule has 0 bridgehead atoms. The van der Waals surface area contributed by atoms with Crippen molar-refractivity contribution in [3.8, 4) is 5.75 Å². The summed E-state index contributed by atoms with van der Waals surface area (Å²) in [6.07, 6.45) is 5.81. The first kappa shape index (κ1) is 33.2. The first-order chi connectivity index (χ1) is 21.7. The minimum Gasteiger partial charge on any atom is -0.489 e. The van der Waals surface area contributed by atoms with Gasteiger partial charge in [0.15, 0.2) is 22.7 Å². The summed E-state index contributed by atoms with van der Waals surface area (Å²) in [7, 11) is -2.98. The van der Waals surface area contributed by atoms with Gasteiger partial charge in [-0.3, -0.25) is 14.1 Å². The van der Waals surface area contributed by atoms with Gasteiger partial charge in [-0.05, 0) is 44.9 Å². The molecule has 3 heterocycles. The Kier molecular flexibility index (Phi) is 9.35. The Morgan fingerprint density at radius 1 is 1.26 bits per heavy atom. The van der Waals surface area contributed by atoms with Crippen molar-refractivity contribution >= 4 is 61.1 Å². The summed E-state index contributed by atoms with van der Waals surface area (Å²) in [6.45, 7) is 2.42. The van der Waals surface area contributed by atoms with Crippen LogP contribution in [0.25, 0.3) is 10.9 Å². The molecule has 1 saturated carbocycles. The molecule has 1 amide bonds. The van der Waals surface area contributed by atoms with Gasteiger partial charge in [0, 0.05) is 24.6 Å². The van der Waals surface area contributed by atoms with Crippen molar-refractivity contribution in [3.63, 3.8) is 0 Å². The number of hydroxylamine groups is 2. The number of carbonyl (C=O) groups excluding carboxylic acids is 2. The van der Waals surface area contributed by atoms with E-state index in [1.54, 1.807) is 6.07 Å². The Hall–Kier alpha value is -4.13. The lowest BCUT2D eigenvalue weighted by Gasteiger charge is -2.50. The highest BCUT2D eigenvalue weighted by Crippen LogP contribution is 2.40. The molecule has 2 aliphatic rings. The summed E-state index contributed by atoms with van der Waals surface area (Å²) in [5, 5.41) is 16.5. The van der Waals surface area contributed by atoms with Crippen LogP contribution in [-0.4, -0.2) is 74.4 Å². The molecule has 1 saturated heterocycles. The number of thiazole rings is 1. The molecule has 2 aromatic heterocycles. The maximum atomic E-state index is 13.4. The second kappa shape index (κ2) is 12.9. The number of ether oxygens (including phenoxy) is 1. The number of rotatable bonds is 13. The van der Waals surface area contributed by atoms with E-state index in [-0.39, 0.29) is 10.8 Å². The molecule has 46 heavy (non-hydrogen) atoms. The van der Waals surface area contributed by atoms with Gasteiger partial charge in [-0.1, -0.05) is 11.6 Å². The van der Waals surface area contributed by atoms with Gasteiger partial charge in [0.2, 0.25) is 6.20 Å². The number of carbonyl (C=O) groups is 3. The van der Waals surface area contributed by atoms with Crippen molar-refractivity contribution in [3.05, 3.63) is 35.5 Å². The molecule has 5 rings (SSSR count). The van der Waals surface area contributed by atoms with E-state index in [1.807, 2.05) is 19.2 Å². The number of aryl methyl sites for hydroxylation is 1. The van der Waals surface area contributed by atoms with E-state index in [9.17, 15) is 27.9 Å². The van der Waals surface area contributed by atoms with Crippen molar-refractivity contribution in [1.82, 2.24) is 14.7 Å². The molecule has 18 heteroatoms. The minimum atomic E-state index is -4.98. The van der Waals surface area contributed by atoms with E-state index < -0.39 is 64.4 Å². The Morgan fingerprint density at radius 3 is 2.59 bits per heavy atom. The summed E-state index contributed by atoms with van der Waals surface area (Å²) in [4.78, 5) is 47.3. The van der Waals surface area contributed by atoms with E-state index in [0.717, 1.165) is 35.1 Å². The third kappa shape index (κ3) is 6.98. The lowest BCUT2D eigenvalue weighted by Crippen LogP contribution is -2.68. The van der Waals surface area contributed by atoms with Crippen LogP contribution >= 0.6 is 11.3 Å². The number of oxime groups is 1. The average Bonchev–Trinajstić information content (AvgIpc) is 3.58. The van der Waals surface area contributed by atoms with Crippen LogP contribution in [0.2, 0.25) is 0 Å². The summed E-state index contributed by atoms with van der Waals surface area (Å²) < 4.78 is 45.7. The third-order valence-corrected chi connectivity index (χ3v) is 9.33. The average molecular weight is 680 g/mol. The zero-order valence-electron chi connectivity index (χ0n) is 25.4. The number of benzene rings is 1. The number of hydrogen-bond acceptors (Lipinski definition) is 12. The van der Waals surface area contributed by atoms with Crippen LogP contribution in [0.4, 0.5) is 5.13 Å². The van der Waals surface area contributed by atoms with Gasteiger partial charge in [0.25, 0.3) is 12.0 Å². The molecular formula is C28H35N6O10S2+. The van der Waals surface area contributed by atoms with Gasteiger partial charge >= 0.3 is 16.4 Å². The second-order valence-corrected chi connectivity index (χ2v) is 13.7. The smallest absolute Gasteiger partial charge is 0.418 e. The molecule has 1 aliphatic carbocycles. The van der Waals surface area contributed by atoms with E-state index in [2.05, 4.69) is 30.0 Å². The molecule has 2 atom stereocenters. The number of carboxylic acids is 1. The van der Waals surface area contributed by atoms with Gasteiger partial charge in [0.05, 0.1) is 23.9 Å². The first-order valence-electron chi connectivity index (χ1n) is 14.5. The molecule has 0 radical (unpaired) electrons. The first-order valence-corrected chi connectivity index (χ1v) is 16.8. The molecule has 248 valence electrons. The van der Waals surface area contributed by atoms with Gasteiger partial charge < -0.3 is 20.4 Å². The van der Waals surface area contributed by atoms with E-state index >= 15 is 0 Å². The maximum absolute atomic E-state index is 13.4. The molecule has 2 fully saturated rings. The molecule has 16 nitrogen and oxygen atoms in total. The summed E-state index contributed by atoms with van der Waals surface area (Å²) in [5.41, 5.74) is 5.03. The number of nitrogens with zero attached hydrogens (tertiary/aromatic N) is 5. The van der Waals surface area contributed by atoms with Crippen LogP contribution in [-0.2, 0) is 41.0 Å². The maximum Gasteiger partial charge on any atom is 0.418 e. The minimum absolute atomic E-state index is 0.00558. The van der Waals surface area contributed by atoms with Gasteiger partial charge in [-0.15, -0.1) is 20.3 Å². The number of amides is 1. The number of nitrogens with two attached hydrogens (primary N) is 1. The summed E-state index contributed by atoms with van der Waals surface area (Å²) >= 11 is 1.00. The fraction of sp³-hybridized carbons (Fsp3) is 0.500. The molecule has 1 aliphatic heterocycles. The summed E-state index contributed by atoms with van der Waals surface area (Å²) in [6, 6.07) is 5.86. The standard InChI is InChI=1S/C28H34N6O10S2/c1-28(2)19(25(36)34(28)44-46(39,40)41)12-22(35)24(20-15-45-27(29)30-20)31-43-23(26(37)38)14-42-18-9-10-21-16(11-18)13-33(32(21)3)17-7-5-4-6-8-17/h9-11,13,15,17,19,23H,4-8,12,14H2,1-3H3,(H3-,29,30,37,38,39,40,41)/p+1/b31-24-/t19-,23+/m1/s1. The Balaban J connectivity index is 1.30. The van der Waals surface area contributed by atoms with Gasteiger partial charge in [-0.25, -0.2) is 9.78 Å². The summed E-state index contributed by atoms with van der Waals surface area (Å²) in [5.74, 6) is -3.68. The number of aromatic nitrogens is 3. The van der Waals surface area contributed by atoms with E-state index in [4.69, 9.17) is 19.9 Å². The SMILES string of the molecule is Cn1c2ccc(OC[C@H](O/N=C(\C(=O)C[C@@H]3C(=O)N(OS(=O)(=O)O)C3(C)C)c3csc(N)n3)C(=O)O)cc2c[n+]1C1CCCCC1. The molecule has 0 unspecified atom stereocenters. The van der Waals surface area contributed by atoms with Crippen LogP contribution in [0.3, 0.4) is 0 Å². The molecule has 1 aromatic carbocycles. The third-order valence-electron chi connectivity index (χ3n) is 8.32. The zero-order chi connectivity index (χ0) is 33.4. The Morgan fingerprint density at radius 2 is 1.98 bits per heavy atom. The fourth-order valence-corrected chi connectivity index (χ4v) is 6.79. The van der Waals surface area contributed by atoms with E-state index in [0.29, 0.717) is 16.9 Å². The highest BCUT2D eigenvalue weighted by atomic mass is 32.3. The van der Waals surface area contributed by atoms with Gasteiger partial charge in [0.1, 0.15) is 23.6 Å². The number of hydrogen-bond donors (Lipinski definition) is 3. The lowest BCUT2D eigenvalue weighted by atomic mass is 9.74. The Bertz CT molecular complexity index is 1790. The van der Waals surface area contributed by atoms with Crippen molar-refractivity contribution in [2.45, 2.75) is 70.1 Å². The number of fused-ring (bicyclic) bond motifs is 1. The largest absolute Gasteiger partial charge is 0.489 e. The van der Waals surface area contributed by atoms with Crippen LogP contribution < -0.4 is 15.2 Å². The number of Topliss-reactive ketones (excluding diaryl/α,β-unsaturated/α-hetero) is 1. The zero-order valence-corrected chi connectivity index (χ0v) is 27.0. The predicted octanol–water partition coefficient (Wildman–Crippen LogP) is 2.19. The number of nitrogen functional groups attached to an aromatic ring is 1. The number of carboxylic acid groups (broad SMARTS) is 1. The lowest BCUT2D eigenvalue weighted by molar-refractivity contribution is -0.795. The van der Waals surface area contributed by atoms with Crippen LogP contribution in [0.5, 0.6) is 5.75 Å². The van der Waals surface area contributed by atoms with Crippen LogP contribution in [0.1, 0.15) is 64.1 Å².